The first-order valence-corrected chi connectivity index (χ1v) is 8.99. The number of nitrogens with one attached hydrogen (secondary N) is 3. The Morgan fingerprint density at radius 1 is 0.857 bits per heavy atom. The van der Waals surface area contributed by atoms with Gasteiger partial charge in [0, 0.05) is 11.4 Å². The Morgan fingerprint density at radius 3 is 1.89 bits per heavy atom. The Kier molecular flexibility index (Phi) is 6.36. The van der Waals surface area contributed by atoms with Crippen LogP contribution >= 0.6 is 0 Å². The third kappa shape index (κ3) is 6.03. The average Bonchev–Trinajstić information content (AvgIpc) is 2.62. The Hall–Kier alpha value is -2.99. The number of halogens is 4. The van der Waals surface area contributed by atoms with Crippen LogP contribution in [0.15, 0.2) is 53.4 Å². The van der Waals surface area contributed by atoms with Crippen molar-refractivity contribution in [1.29, 1.82) is 0 Å². The van der Waals surface area contributed by atoms with Crippen molar-refractivity contribution in [3.63, 3.8) is 0 Å². The molecule has 0 aliphatic heterocycles. The van der Waals surface area contributed by atoms with Crippen LogP contribution in [-0.4, -0.2) is 33.0 Å². The smallest absolute Gasteiger partial charge is 0.325 e. The molecule has 0 atom stereocenters. The molecule has 2 rings (SSSR count). The minimum Gasteiger partial charge on any atom is -0.325 e. The first-order valence-electron chi connectivity index (χ1n) is 7.51. The van der Waals surface area contributed by atoms with E-state index in [1.165, 1.54) is 12.1 Å². The van der Waals surface area contributed by atoms with Gasteiger partial charge in [0.25, 0.3) is 0 Å². The second kappa shape index (κ2) is 8.35. The highest BCUT2D eigenvalue weighted by molar-refractivity contribution is 7.89. The zero-order valence-corrected chi connectivity index (χ0v) is 14.7. The van der Waals surface area contributed by atoms with Gasteiger partial charge in [-0.1, -0.05) is 0 Å². The van der Waals surface area contributed by atoms with Crippen LogP contribution < -0.4 is 15.4 Å². The van der Waals surface area contributed by atoms with Crippen molar-refractivity contribution in [1.82, 2.24) is 4.72 Å². The molecule has 0 saturated heterocycles. The van der Waals surface area contributed by atoms with E-state index in [0.29, 0.717) is 0 Å². The summed E-state index contributed by atoms with van der Waals surface area (Å²) in [4.78, 5) is 22.3. The maximum absolute atomic E-state index is 12.8. The molecule has 0 aliphatic carbocycles. The minimum atomic E-state index is -5.08. The molecule has 0 aromatic heterocycles. The number of carbonyl (C=O) groups is 2. The van der Waals surface area contributed by atoms with Crippen LogP contribution in [0.1, 0.15) is 0 Å². The second-order valence-electron chi connectivity index (χ2n) is 5.36. The third-order valence-corrected chi connectivity index (χ3v) is 4.65. The van der Waals surface area contributed by atoms with Crippen molar-refractivity contribution in [2.45, 2.75) is 11.1 Å². The zero-order chi connectivity index (χ0) is 20.9. The molecule has 2 aromatic rings. The van der Waals surface area contributed by atoms with Gasteiger partial charge in [-0.05, 0) is 48.5 Å². The standard InChI is InChI=1S/C16H13F4N3O4S/c17-10-1-3-11(4-2-10)22-14(24)9-21-28(26,27)13-7-5-12(6-8-13)23-15(25)16(18,19)20/h1-8,21H,9H2,(H,22,24)(H,23,25). The fourth-order valence-corrected chi connectivity index (χ4v) is 2.88. The van der Waals surface area contributed by atoms with Gasteiger partial charge >= 0.3 is 12.1 Å². The molecule has 12 heteroatoms. The second-order valence-corrected chi connectivity index (χ2v) is 7.12. The van der Waals surface area contributed by atoms with Crippen LogP contribution in [0.2, 0.25) is 0 Å². The summed E-state index contributed by atoms with van der Waals surface area (Å²) in [5.41, 5.74) is 0.00526. The lowest BCUT2D eigenvalue weighted by atomic mass is 10.3. The number of benzene rings is 2. The van der Waals surface area contributed by atoms with E-state index in [2.05, 4.69) is 5.32 Å². The highest BCUT2D eigenvalue weighted by Gasteiger charge is 2.38. The van der Waals surface area contributed by atoms with Gasteiger partial charge in [-0.15, -0.1) is 0 Å². The minimum absolute atomic E-state index is 0.254. The molecule has 0 fully saturated rings. The largest absolute Gasteiger partial charge is 0.471 e. The van der Waals surface area contributed by atoms with Crippen molar-refractivity contribution in [3.8, 4) is 0 Å². The van der Waals surface area contributed by atoms with Crippen molar-refractivity contribution in [2.24, 2.45) is 0 Å². The number of hydrogen-bond donors (Lipinski definition) is 3. The normalized spacial score (nSPS) is 11.7. The molecule has 2 aromatic carbocycles. The van der Waals surface area contributed by atoms with Gasteiger partial charge in [-0.25, -0.2) is 17.5 Å². The molecule has 0 radical (unpaired) electrons. The van der Waals surface area contributed by atoms with Gasteiger partial charge in [-0.2, -0.15) is 13.2 Å². The summed E-state index contributed by atoms with van der Waals surface area (Å²) >= 11 is 0. The number of alkyl halides is 3. The predicted molar refractivity (Wildman–Crippen MR) is 91.3 cm³/mol. The van der Waals surface area contributed by atoms with Crippen molar-refractivity contribution in [2.75, 3.05) is 17.2 Å². The molecule has 0 aliphatic rings. The number of sulfonamides is 1. The third-order valence-electron chi connectivity index (χ3n) is 3.23. The number of rotatable bonds is 6. The number of hydrogen-bond acceptors (Lipinski definition) is 4. The van der Waals surface area contributed by atoms with E-state index in [1.807, 2.05) is 4.72 Å². The first-order chi connectivity index (χ1) is 13.0. The monoisotopic (exact) mass is 419 g/mol. The van der Waals surface area contributed by atoms with Crippen LogP contribution in [0.5, 0.6) is 0 Å². The molecular weight excluding hydrogens is 406 g/mol. The van der Waals surface area contributed by atoms with Gasteiger partial charge < -0.3 is 10.6 Å². The molecule has 2 amide bonds. The summed E-state index contributed by atoms with van der Waals surface area (Å²) in [7, 11) is -4.13. The van der Waals surface area contributed by atoms with E-state index in [9.17, 15) is 35.6 Å². The van der Waals surface area contributed by atoms with E-state index in [1.54, 1.807) is 5.32 Å². The van der Waals surface area contributed by atoms with Crippen molar-refractivity contribution >= 4 is 33.2 Å². The molecule has 3 N–H and O–H groups in total. The highest BCUT2D eigenvalue weighted by Crippen LogP contribution is 2.19. The first kappa shape index (κ1) is 21.3. The Bertz CT molecular complexity index is 959. The lowest BCUT2D eigenvalue weighted by molar-refractivity contribution is -0.167. The Balaban J connectivity index is 1.95. The quantitative estimate of drug-likeness (QED) is 0.625. The fourth-order valence-electron chi connectivity index (χ4n) is 1.90. The van der Waals surface area contributed by atoms with Gasteiger partial charge in [0.1, 0.15) is 5.82 Å². The fraction of sp³-hybridized carbons (Fsp3) is 0.125. The van der Waals surface area contributed by atoms with Gasteiger partial charge in [0.15, 0.2) is 0 Å². The SMILES string of the molecule is O=C(CNS(=O)(=O)c1ccc(NC(=O)C(F)(F)F)cc1)Nc1ccc(F)cc1. The molecule has 7 nitrogen and oxygen atoms in total. The molecule has 0 bridgehead atoms. The Morgan fingerprint density at radius 2 is 1.36 bits per heavy atom. The average molecular weight is 419 g/mol. The molecule has 0 spiro atoms. The van der Waals surface area contributed by atoms with Gasteiger partial charge in [0.05, 0.1) is 11.4 Å². The Labute approximate surface area is 156 Å². The van der Waals surface area contributed by atoms with E-state index < -0.39 is 40.4 Å². The van der Waals surface area contributed by atoms with E-state index in [4.69, 9.17) is 0 Å². The summed E-state index contributed by atoms with van der Waals surface area (Å²) in [6.45, 7) is -0.633. The van der Waals surface area contributed by atoms with Gasteiger partial charge in [-0.3, -0.25) is 9.59 Å². The van der Waals surface area contributed by atoms with E-state index >= 15 is 0 Å². The van der Waals surface area contributed by atoms with Crippen LogP contribution in [0, 0.1) is 5.82 Å². The lowest BCUT2D eigenvalue weighted by Crippen LogP contribution is -2.33. The number of amides is 2. The summed E-state index contributed by atoms with van der Waals surface area (Å²) in [6, 6.07) is 8.66. The molecule has 28 heavy (non-hydrogen) atoms. The van der Waals surface area contributed by atoms with Crippen LogP contribution in [0.3, 0.4) is 0 Å². The van der Waals surface area contributed by atoms with Gasteiger partial charge in [0.2, 0.25) is 15.9 Å². The maximum atomic E-state index is 12.8. The number of carbonyl (C=O) groups excluding carboxylic acids is 2. The summed E-state index contributed by atoms with van der Waals surface area (Å²) in [5.74, 6) is -3.42. The molecule has 0 saturated carbocycles. The predicted octanol–water partition coefficient (Wildman–Crippen LogP) is 2.24. The molecule has 150 valence electrons. The zero-order valence-electron chi connectivity index (χ0n) is 13.9. The van der Waals surface area contributed by atoms with E-state index in [0.717, 1.165) is 36.4 Å². The summed E-state index contributed by atoms with van der Waals surface area (Å²) in [6.07, 6.45) is -5.08. The van der Waals surface area contributed by atoms with Crippen LogP contribution in [0.25, 0.3) is 0 Å². The maximum Gasteiger partial charge on any atom is 0.471 e. The van der Waals surface area contributed by atoms with Crippen LogP contribution in [-0.2, 0) is 19.6 Å². The molecular formula is C16H13F4N3O4S. The van der Waals surface area contributed by atoms with Crippen molar-refractivity contribution < 1.29 is 35.6 Å². The molecule has 0 heterocycles. The summed E-state index contributed by atoms with van der Waals surface area (Å²) < 4.78 is 75.6. The lowest BCUT2D eigenvalue weighted by Gasteiger charge is -2.10. The summed E-state index contributed by atoms with van der Waals surface area (Å²) in [5, 5.41) is 3.92. The topological polar surface area (TPSA) is 104 Å². The molecule has 0 unspecified atom stereocenters. The van der Waals surface area contributed by atoms with E-state index in [-0.39, 0.29) is 16.3 Å². The van der Waals surface area contributed by atoms with Crippen molar-refractivity contribution in [3.05, 3.63) is 54.3 Å². The highest BCUT2D eigenvalue weighted by atomic mass is 32.2. The van der Waals surface area contributed by atoms with Crippen LogP contribution in [0.4, 0.5) is 28.9 Å². The number of anilines is 2.